The normalized spacial score (nSPS) is 33.4. The summed E-state index contributed by atoms with van der Waals surface area (Å²) in [5, 5.41) is 3.59. The van der Waals surface area contributed by atoms with Crippen LogP contribution in [0.15, 0.2) is 0 Å². The molecule has 2 rings (SSSR count). The third-order valence-corrected chi connectivity index (χ3v) is 4.13. The molecular weight excluding hydrogens is 198 g/mol. The molecule has 0 amide bonds. The van der Waals surface area contributed by atoms with Crippen molar-refractivity contribution >= 4 is 0 Å². The molecule has 0 saturated carbocycles. The van der Waals surface area contributed by atoms with Crippen LogP contribution in [0.1, 0.15) is 32.6 Å². The van der Waals surface area contributed by atoms with Gasteiger partial charge in [-0.2, -0.15) is 0 Å². The van der Waals surface area contributed by atoms with Gasteiger partial charge in [-0.05, 0) is 52.7 Å². The van der Waals surface area contributed by atoms with E-state index in [9.17, 15) is 0 Å². The summed E-state index contributed by atoms with van der Waals surface area (Å²) in [6.45, 7) is 8.65. The van der Waals surface area contributed by atoms with Crippen LogP contribution in [0, 0.1) is 0 Å². The molecule has 2 unspecified atom stereocenters. The van der Waals surface area contributed by atoms with Gasteiger partial charge in [-0.3, -0.25) is 4.90 Å². The van der Waals surface area contributed by atoms with Crippen LogP contribution in [0.5, 0.6) is 0 Å². The van der Waals surface area contributed by atoms with Crippen LogP contribution in [0.3, 0.4) is 0 Å². The Hall–Kier alpha value is -0.120. The smallest absolute Gasteiger partial charge is 0.0195 e. The summed E-state index contributed by atoms with van der Waals surface area (Å²) in [6.07, 6.45) is 5.53. The fourth-order valence-electron chi connectivity index (χ4n) is 3.05. The summed E-state index contributed by atoms with van der Waals surface area (Å²) in [7, 11) is 2.23. The molecular formula is C13H27N3. The van der Waals surface area contributed by atoms with Crippen LogP contribution < -0.4 is 5.32 Å². The van der Waals surface area contributed by atoms with Crippen LogP contribution in [0.2, 0.25) is 0 Å². The van der Waals surface area contributed by atoms with E-state index in [4.69, 9.17) is 0 Å². The Labute approximate surface area is 100 Å². The van der Waals surface area contributed by atoms with E-state index in [1.165, 1.54) is 58.4 Å². The Kier molecular flexibility index (Phi) is 4.62. The topological polar surface area (TPSA) is 18.5 Å². The minimum Gasteiger partial charge on any atom is -0.314 e. The maximum absolute atomic E-state index is 3.59. The Bertz CT molecular complexity index is 201. The van der Waals surface area contributed by atoms with Crippen LogP contribution in [-0.4, -0.2) is 61.7 Å². The number of rotatable bonds is 4. The molecule has 2 heterocycles. The molecule has 0 radical (unpaired) electrons. The quantitative estimate of drug-likeness (QED) is 0.774. The van der Waals surface area contributed by atoms with Crippen molar-refractivity contribution in [1.82, 2.24) is 15.1 Å². The molecule has 3 nitrogen and oxygen atoms in total. The van der Waals surface area contributed by atoms with E-state index < -0.39 is 0 Å². The molecule has 94 valence electrons. The predicted molar refractivity (Wildman–Crippen MR) is 68.8 cm³/mol. The fourth-order valence-corrected chi connectivity index (χ4v) is 3.05. The Morgan fingerprint density at radius 3 is 2.88 bits per heavy atom. The lowest BCUT2D eigenvalue weighted by molar-refractivity contribution is 0.0979. The zero-order chi connectivity index (χ0) is 11.4. The summed E-state index contributed by atoms with van der Waals surface area (Å²) >= 11 is 0. The van der Waals surface area contributed by atoms with E-state index in [1.54, 1.807) is 0 Å². The number of nitrogens with one attached hydrogen (secondary N) is 1. The summed E-state index contributed by atoms with van der Waals surface area (Å²) < 4.78 is 0. The molecule has 0 aliphatic carbocycles. The van der Waals surface area contributed by atoms with Crippen molar-refractivity contribution < 1.29 is 0 Å². The van der Waals surface area contributed by atoms with Crippen molar-refractivity contribution in [2.45, 2.75) is 44.7 Å². The van der Waals surface area contributed by atoms with Gasteiger partial charge in [0.05, 0.1) is 0 Å². The highest BCUT2D eigenvalue weighted by Crippen LogP contribution is 2.13. The maximum Gasteiger partial charge on any atom is 0.0195 e. The number of likely N-dealkylation sites (N-methyl/N-ethyl adjacent to an activating group) is 1. The van der Waals surface area contributed by atoms with E-state index >= 15 is 0 Å². The molecule has 0 spiro atoms. The van der Waals surface area contributed by atoms with Crippen molar-refractivity contribution in [3.8, 4) is 0 Å². The first-order valence-corrected chi connectivity index (χ1v) is 6.91. The lowest BCUT2D eigenvalue weighted by Gasteiger charge is -2.38. The highest BCUT2D eigenvalue weighted by Gasteiger charge is 2.21. The molecule has 1 N–H and O–H groups in total. The molecule has 2 fully saturated rings. The third-order valence-electron chi connectivity index (χ3n) is 4.13. The lowest BCUT2D eigenvalue weighted by atomic mass is 10.1. The molecule has 2 saturated heterocycles. The van der Waals surface area contributed by atoms with Gasteiger partial charge in [-0.1, -0.05) is 0 Å². The van der Waals surface area contributed by atoms with Crippen LogP contribution in [0.4, 0.5) is 0 Å². The van der Waals surface area contributed by atoms with Crippen LogP contribution >= 0.6 is 0 Å². The van der Waals surface area contributed by atoms with Crippen LogP contribution in [0.25, 0.3) is 0 Å². The molecule has 0 aromatic heterocycles. The number of hydrogen-bond donors (Lipinski definition) is 1. The first-order valence-electron chi connectivity index (χ1n) is 6.91. The van der Waals surface area contributed by atoms with Crippen LogP contribution in [-0.2, 0) is 0 Å². The first-order chi connectivity index (χ1) is 7.75. The monoisotopic (exact) mass is 225 g/mol. The molecule has 2 atom stereocenters. The maximum atomic E-state index is 3.59. The number of nitrogens with zero attached hydrogens (tertiary/aromatic N) is 2. The summed E-state index contributed by atoms with van der Waals surface area (Å²) in [5.41, 5.74) is 0. The second-order valence-corrected chi connectivity index (χ2v) is 5.58. The Morgan fingerprint density at radius 2 is 2.19 bits per heavy atom. The second-order valence-electron chi connectivity index (χ2n) is 5.58. The van der Waals surface area contributed by atoms with E-state index in [1.807, 2.05) is 0 Å². The SMILES string of the molecule is CC1CN(C)CCN1CCCC1CCCN1. The van der Waals surface area contributed by atoms with Gasteiger partial charge < -0.3 is 10.2 Å². The van der Waals surface area contributed by atoms with E-state index in [0.29, 0.717) is 0 Å². The van der Waals surface area contributed by atoms with Crippen molar-refractivity contribution in [3.63, 3.8) is 0 Å². The van der Waals surface area contributed by atoms with Gasteiger partial charge in [0, 0.05) is 31.7 Å². The molecule has 0 aromatic carbocycles. The van der Waals surface area contributed by atoms with E-state index in [0.717, 1.165) is 12.1 Å². The van der Waals surface area contributed by atoms with Gasteiger partial charge >= 0.3 is 0 Å². The molecule has 2 aliphatic heterocycles. The predicted octanol–water partition coefficient (Wildman–Crippen LogP) is 1.15. The average Bonchev–Trinajstić information content (AvgIpc) is 2.74. The highest BCUT2D eigenvalue weighted by atomic mass is 15.3. The van der Waals surface area contributed by atoms with Crippen molar-refractivity contribution in [2.75, 3.05) is 39.8 Å². The van der Waals surface area contributed by atoms with Gasteiger partial charge in [0.2, 0.25) is 0 Å². The Balaban J connectivity index is 1.61. The van der Waals surface area contributed by atoms with Crippen molar-refractivity contribution in [1.29, 1.82) is 0 Å². The van der Waals surface area contributed by atoms with E-state index in [2.05, 4.69) is 29.1 Å². The second kappa shape index (κ2) is 5.99. The third kappa shape index (κ3) is 3.44. The molecule has 3 heteroatoms. The van der Waals surface area contributed by atoms with Gasteiger partial charge in [0.1, 0.15) is 0 Å². The Morgan fingerprint density at radius 1 is 1.31 bits per heavy atom. The highest BCUT2D eigenvalue weighted by molar-refractivity contribution is 4.79. The van der Waals surface area contributed by atoms with Gasteiger partial charge in [-0.15, -0.1) is 0 Å². The van der Waals surface area contributed by atoms with Crippen molar-refractivity contribution in [3.05, 3.63) is 0 Å². The fraction of sp³-hybridized carbons (Fsp3) is 1.00. The van der Waals surface area contributed by atoms with Crippen molar-refractivity contribution in [2.24, 2.45) is 0 Å². The molecule has 0 bridgehead atoms. The van der Waals surface area contributed by atoms with Gasteiger partial charge in [0.15, 0.2) is 0 Å². The lowest BCUT2D eigenvalue weighted by Crippen LogP contribution is -2.50. The summed E-state index contributed by atoms with van der Waals surface area (Å²) in [5.74, 6) is 0. The van der Waals surface area contributed by atoms with E-state index in [-0.39, 0.29) is 0 Å². The molecule has 2 aliphatic rings. The molecule has 16 heavy (non-hydrogen) atoms. The number of hydrogen-bond acceptors (Lipinski definition) is 3. The first kappa shape index (κ1) is 12.3. The van der Waals surface area contributed by atoms with Gasteiger partial charge in [0.25, 0.3) is 0 Å². The number of piperazine rings is 1. The minimum atomic E-state index is 0.746. The standard InChI is InChI=1S/C13H27N3/c1-12-11-15(2)9-10-16(12)8-4-6-13-5-3-7-14-13/h12-14H,3-11H2,1-2H3. The zero-order valence-electron chi connectivity index (χ0n) is 10.9. The average molecular weight is 225 g/mol. The zero-order valence-corrected chi connectivity index (χ0v) is 10.9. The largest absolute Gasteiger partial charge is 0.314 e. The van der Waals surface area contributed by atoms with Gasteiger partial charge in [-0.25, -0.2) is 0 Å². The molecule has 0 aromatic rings. The minimum absolute atomic E-state index is 0.746. The summed E-state index contributed by atoms with van der Waals surface area (Å²) in [4.78, 5) is 5.11. The summed E-state index contributed by atoms with van der Waals surface area (Å²) in [6, 6.07) is 1.57.